The number of ether oxygens (including phenoxy) is 1. The predicted octanol–water partition coefficient (Wildman–Crippen LogP) is 5.64. The number of hydrogen-bond donors (Lipinski definition) is 1. The average molecular weight is 601 g/mol. The van der Waals surface area contributed by atoms with E-state index in [9.17, 15) is 13.2 Å². The number of aromatic nitrogens is 3. The lowest BCUT2D eigenvalue weighted by atomic mass is 9.95. The van der Waals surface area contributed by atoms with Crippen LogP contribution >= 0.6 is 11.6 Å². The van der Waals surface area contributed by atoms with Crippen molar-refractivity contribution in [2.75, 3.05) is 44.7 Å². The summed E-state index contributed by atoms with van der Waals surface area (Å²) in [5, 5.41) is 4.78. The lowest BCUT2D eigenvalue weighted by Gasteiger charge is -2.32. The van der Waals surface area contributed by atoms with Crippen LogP contribution in [0.2, 0.25) is 5.02 Å². The second-order valence-electron chi connectivity index (χ2n) is 11.5. The van der Waals surface area contributed by atoms with Crippen LogP contribution in [0.3, 0.4) is 0 Å². The Hall–Kier alpha value is -3.28. The second-order valence-corrected chi connectivity index (χ2v) is 11.9. The number of benzene rings is 2. The molecule has 42 heavy (non-hydrogen) atoms. The van der Waals surface area contributed by atoms with Crippen molar-refractivity contribution in [2.24, 2.45) is 0 Å². The minimum absolute atomic E-state index is 0.0175. The minimum Gasteiger partial charge on any atom is -0.461 e. The van der Waals surface area contributed by atoms with Gasteiger partial charge in [-0.2, -0.15) is 9.97 Å². The average Bonchev–Trinajstić information content (AvgIpc) is 3.62. The van der Waals surface area contributed by atoms with Crippen molar-refractivity contribution in [3.05, 3.63) is 53.4 Å². The molecule has 1 N–H and O–H groups in total. The van der Waals surface area contributed by atoms with Crippen LogP contribution in [0.25, 0.3) is 32.9 Å². The van der Waals surface area contributed by atoms with Crippen LogP contribution in [0.15, 0.2) is 42.6 Å². The smallest absolute Gasteiger partial charge is 0.319 e. The highest BCUT2D eigenvalue weighted by Crippen LogP contribution is 2.42. The first-order valence-electron chi connectivity index (χ1n) is 14.0. The maximum absolute atomic E-state index is 16.5. The largest absolute Gasteiger partial charge is 0.461 e. The third-order valence-corrected chi connectivity index (χ3v) is 9.29. The molecule has 2 aromatic carbocycles. The Balaban J connectivity index is 1.36. The summed E-state index contributed by atoms with van der Waals surface area (Å²) in [6.07, 6.45) is 2.46. The fourth-order valence-electron chi connectivity index (χ4n) is 6.89. The number of alkyl halides is 3. The summed E-state index contributed by atoms with van der Waals surface area (Å²) in [7, 11) is 1.50. The second kappa shape index (κ2) is 10.2. The zero-order valence-corrected chi connectivity index (χ0v) is 23.6. The van der Waals surface area contributed by atoms with Gasteiger partial charge in [-0.25, -0.2) is 17.6 Å². The van der Waals surface area contributed by atoms with Gasteiger partial charge in [-0.3, -0.25) is 9.88 Å². The fourth-order valence-corrected chi connectivity index (χ4v) is 7.18. The molecule has 0 amide bonds. The van der Waals surface area contributed by atoms with E-state index in [0.717, 1.165) is 24.8 Å². The topological polar surface area (TPSA) is 66.4 Å². The quantitative estimate of drug-likeness (QED) is 0.288. The van der Waals surface area contributed by atoms with Crippen molar-refractivity contribution in [1.82, 2.24) is 25.2 Å². The summed E-state index contributed by atoms with van der Waals surface area (Å²) in [4.78, 5) is 16.8. The number of anilines is 1. The fraction of sp³-hybridized carbons (Fsp3) is 0.433. The van der Waals surface area contributed by atoms with Gasteiger partial charge in [0.2, 0.25) is 0 Å². The first-order chi connectivity index (χ1) is 20.2. The summed E-state index contributed by atoms with van der Waals surface area (Å²) < 4.78 is 66.5. The molecule has 3 aliphatic rings. The number of likely N-dealkylation sites (N-methyl/N-ethyl adjacent to an activating group) is 1. The van der Waals surface area contributed by atoms with Crippen molar-refractivity contribution in [3.8, 4) is 17.3 Å². The summed E-state index contributed by atoms with van der Waals surface area (Å²) in [6.45, 7) is 0.773. The standard InChI is InChI=1S/C30H29ClF4N6O/c1-40(22-13-36-15-30(22,34)35)27-20-12-37-25(19-7-2-5-17-6-3-8-21(31)23(17)19)24(33)26(20)38-28(39-27)42-16-29-9-4-10-41(29)14-18(32)11-29/h2-3,5-8,12,18,22,36H,4,9-11,13-16H2,1H3/t18-,22-,29+/m1/s1. The van der Waals surface area contributed by atoms with Crippen molar-refractivity contribution < 1.29 is 22.3 Å². The Morgan fingerprint density at radius 2 is 2.00 bits per heavy atom. The van der Waals surface area contributed by atoms with Gasteiger partial charge in [-0.15, -0.1) is 0 Å². The third-order valence-electron chi connectivity index (χ3n) is 8.97. The van der Waals surface area contributed by atoms with E-state index in [-0.39, 0.29) is 41.6 Å². The Kier molecular flexibility index (Phi) is 6.67. The monoisotopic (exact) mass is 600 g/mol. The van der Waals surface area contributed by atoms with Crippen LogP contribution in [0, 0.1) is 5.82 Å². The summed E-state index contributed by atoms with van der Waals surface area (Å²) in [6, 6.07) is 9.40. The van der Waals surface area contributed by atoms with Gasteiger partial charge in [0.05, 0.1) is 17.5 Å². The van der Waals surface area contributed by atoms with Crippen LogP contribution in [-0.2, 0) is 0 Å². The Labute approximate surface area is 244 Å². The van der Waals surface area contributed by atoms with E-state index in [1.54, 1.807) is 18.2 Å². The first kappa shape index (κ1) is 27.5. The molecule has 220 valence electrons. The highest BCUT2D eigenvalue weighted by molar-refractivity contribution is 6.36. The van der Waals surface area contributed by atoms with E-state index >= 15 is 4.39 Å². The van der Waals surface area contributed by atoms with Crippen LogP contribution < -0.4 is 15.0 Å². The number of rotatable bonds is 6. The number of nitrogens with zero attached hydrogens (tertiary/aromatic N) is 5. The molecule has 0 unspecified atom stereocenters. The molecule has 0 radical (unpaired) electrons. The normalized spacial score (nSPS) is 25.4. The summed E-state index contributed by atoms with van der Waals surface area (Å²) in [5.41, 5.74) is -0.112. The van der Waals surface area contributed by atoms with Crippen molar-refractivity contribution in [3.63, 3.8) is 0 Å². The SMILES string of the molecule is CN(c1nc(OC[C@@]23CCCN2C[C@H](F)C3)nc2c(F)c(-c3cccc4cccc(Cl)c34)ncc12)[C@@H]1CNCC1(F)F. The molecule has 2 aromatic heterocycles. The zero-order chi connectivity index (χ0) is 29.2. The number of hydrogen-bond acceptors (Lipinski definition) is 7. The molecule has 3 fully saturated rings. The maximum atomic E-state index is 16.5. The summed E-state index contributed by atoms with van der Waals surface area (Å²) >= 11 is 6.52. The molecule has 0 spiro atoms. The molecular weight excluding hydrogens is 572 g/mol. The Bertz CT molecular complexity index is 1690. The lowest BCUT2D eigenvalue weighted by Crippen LogP contribution is -2.46. The van der Waals surface area contributed by atoms with E-state index in [4.69, 9.17) is 16.3 Å². The number of pyridine rings is 1. The van der Waals surface area contributed by atoms with Gasteiger partial charge in [-0.1, -0.05) is 41.9 Å². The lowest BCUT2D eigenvalue weighted by molar-refractivity contribution is 0.00676. The molecule has 0 saturated carbocycles. The van der Waals surface area contributed by atoms with Crippen LogP contribution in [-0.4, -0.2) is 83.4 Å². The molecule has 3 atom stereocenters. The molecular formula is C30H29ClF4N6O. The van der Waals surface area contributed by atoms with Gasteiger partial charge in [-0.05, 0) is 30.8 Å². The van der Waals surface area contributed by atoms with Crippen LogP contribution in [0.4, 0.5) is 23.4 Å². The zero-order valence-electron chi connectivity index (χ0n) is 22.9. The van der Waals surface area contributed by atoms with Gasteiger partial charge >= 0.3 is 6.01 Å². The van der Waals surface area contributed by atoms with E-state index < -0.39 is 36.0 Å². The van der Waals surface area contributed by atoms with Crippen molar-refractivity contribution >= 4 is 39.1 Å². The number of halogens is 5. The van der Waals surface area contributed by atoms with Gasteiger partial charge < -0.3 is 15.0 Å². The molecule has 7 rings (SSSR count). The molecule has 7 nitrogen and oxygen atoms in total. The van der Waals surface area contributed by atoms with Crippen LogP contribution in [0.5, 0.6) is 6.01 Å². The highest BCUT2D eigenvalue weighted by Gasteiger charge is 2.50. The first-order valence-corrected chi connectivity index (χ1v) is 14.4. The summed E-state index contributed by atoms with van der Waals surface area (Å²) in [5.74, 6) is -3.71. The van der Waals surface area contributed by atoms with Crippen LogP contribution in [0.1, 0.15) is 19.3 Å². The molecule has 0 aliphatic carbocycles. The number of nitrogens with one attached hydrogen (secondary N) is 1. The van der Waals surface area contributed by atoms with Crippen molar-refractivity contribution in [2.45, 2.75) is 42.9 Å². The third kappa shape index (κ3) is 4.44. The van der Waals surface area contributed by atoms with E-state index in [2.05, 4.69) is 25.2 Å². The highest BCUT2D eigenvalue weighted by atomic mass is 35.5. The molecule has 0 bridgehead atoms. The van der Waals surface area contributed by atoms with Gasteiger partial charge in [0.1, 0.15) is 35.8 Å². The Morgan fingerprint density at radius 1 is 1.19 bits per heavy atom. The van der Waals surface area contributed by atoms with Gasteiger partial charge in [0.25, 0.3) is 5.92 Å². The Morgan fingerprint density at radius 3 is 2.79 bits per heavy atom. The van der Waals surface area contributed by atoms with Crippen molar-refractivity contribution in [1.29, 1.82) is 0 Å². The molecule has 3 saturated heterocycles. The van der Waals surface area contributed by atoms with Gasteiger partial charge in [0, 0.05) is 48.7 Å². The van der Waals surface area contributed by atoms with E-state index in [1.165, 1.54) is 18.1 Å². The molecule has 3 aliphatic heterocycles. The predicted molar refractivity (Wildman–Crippen MR) is 154 cm³/mol. The molecule has 4 aromatic rings. The maximum Gasteiger partial charge on any atom is 0.319 e. The minimum atomic E-state index is -3.04. The molecule has 5 heterocycles. The van der Waals surface area contributed by atoms with E-state index in [1.807, 2.05) is 18.2 Å². The van der Waals surface area contributed by atoms with Gasteiger partial charge in [0.15, 0.2) is 5.82 Å². The molecule has 12 heteroatoms. The number of fused-ring (bicyclic) bond motifs is 3. The van der Waals surface area contributed by atoms with E-state index in [0.29, 0.717) is 28.9 Å².